The average molecular weight is 443 g/mol. The molecule has 1 amide bonds. The van der Waals surface area contributed by atoms with Crippen LogP contribution in [0.1, 0.15) is 22.3 Å². The van der Waals surface area contributed by atoms with Gasteiger partial charge in [0.15, 0.2) is 5.82 Å². The van der Waals surface area contributed by atoms with Crippen LogP contribution in [0.15, 0.2) is 60.9 Å². The summed E-state index contributed by atoms with van der Waals surface area (Å²) in [4.78, 5) is 25.9. The Labute approximate surface area is 187 Å². The smallest absolute Gasteiger partial charge is 0.257 e. The van der Waals surface area contributed by atoms with Gasteiger partial charge in [0.1, 0.15) is 0 Å². The highest BCUT2D eigenvalue weighted by atomic mass is 35.5. The molecule has 0 N–H and O–H groups in total. The fourth-order valence-electron chi connectivity index (χ4n) is 3.05. The van der Waals surface area contributed by atoms with Gasteiger partial charge < -0.3 is 9.80 Å². The molecule has 2 aromatic carbocycles. The first kappa shape index (κ1) is 22.2. The second-order valence-electron chi connectivity index (χ2n) is 7.29. The van der Waals surface area contributed by atoms with Crippen molar-refractivity contribution in [1.82, 2.24) is 19.8 Å². The molecule has 0 radical (unpaired) electrons. The summed E-state index contributed by atoms with van der Waals surface area (Å²) < 4.78 is 0. The Hall–Kier alpha value is -2.47. The Bertz CT molecular complexity index is 978. The number of halogens is 2. The summed E-state index contributed by atoms with van der Waals surface area (Å²) in [7, 11) is 4.03. The zero-order valence-electron chi connectivity index (χ0n) is 17.1. The van der Waals surface area contributed by atoms with Crippen LogP contribution in [0.4, 0.5) is 0 Å². The fourth-order valence-corrected chi connectivity index (χ4v) is 3.37. The second-order valence-corrected chi connectivity index (χ2v) is 8.11. The zero-order chi connectivity index (χ0) is 21.5. The van der Waals surface area contributed by atoms with Gasteiger partial charge in [-0.25, -0.2) is 9.97 Å². The number of aromatic nitrogens is 2. The van der Waals surface area contributed by atoms with Crippen LogP contribution in [0.2, 0.25) is 10.0 Å². The predicted octanol–water partition coefficient (Wildman–Crippen LogP) is 5.04. The maximum atomic E-state index is 13.2. The van der Waals surface area contributed by atoms with Gasteiger partial charge in [0.05, 0.1) is 15.6 Å². The summed E-state index contributed by atoms with van der Waals surface area (Å²) in [6.45, 7) is 1.93. The van der Waals surface area contributed by atoms with Crippen LogP contribution in [0, 0.1) is 0 Å². The van der Waals surface area contributed by atoms with E-state index in [1.54, 1.807) is 29.4 Å². The van der Waals surface area contributed by atoms with Crippen LogP contribution in [-0.2, 0) is 6.54 Å². The van der Waals surface area contributed by atoms with Gasteiger partial charge in [-0.05, 0) is 44.8 Å². The lowest BCUT2D eigenvalue weighted by Crippen LogP contribution is -2.33. The molecule has 0 atom stereocenters. The van der Waals surface area contributed by atoms with Gasteiger partial charge in [-0.2, -0.15) is 0 Å². The minimum absolute atomic E-state index is 0.112. The molecule has 0 saturated carbocycles. The number of benzene rings is 2. The zero-order valence-corrected chi connectivity index (χ0v) is 18.6. The molecule has 0 aliphatic carbocycles. The number of hydrogen-bond acceptors (Lipinski definition) is 4. The van der Waals surface area contributed by atoms with Crippen LogP contribution in [0.5, 0.6) is 0 Å². The van der Waals surface area contributed by atoms with E-state index in [1.165, 1.54) is 0 Å². The molecule has 0 spiro atoms. The van der Waals surface area contributed by atoms with Gasteiger partial charge >= 0.3 is 0 Å². The van der Waals surface area contributed by atoms with Crippen molar-refractivity contribution < 1.29 is 4.79 Å². The van der Waals surface area contributed by atoms with E-state index in [4.69, 9.17) is 23.2 Å². The summed E-state index contributed by atoms with van der Waals surface area (Å²) in [5, 5.41) is 0.973. The lowest BCUT2D eigenvalue weighted by atomic mass is 10.1. The highest BCUT2D eigenvalue weighted by Crippen LogP contribution is 2.24. The van der Waals surface area contributed by atoms with E-state index in [9.17, 15) is 4.79 Å². The van der Waals surface area contributed by atoms with Crippen molar-refractivity contribution in [2.45, 2.75) is 13.0 Å². The van der Waals surface area contributed by atoms with Crippen LogP contribution < -0.4 is 0 Å². The van der Waals surface area contributed by atoms with E-state index < -0.39 is 0 Å². The van der Waals surface area contributed by atoms with Gasteiger partial charge in [0.2, 0.25) is 0 Å². The van der Waals surface area contributed by atoms with Crippen molar-refractivity contribution >= 4 is 29.1 Å². The number of hydrogen-bond donors (Lipinski definition) is 0. The predicted molar refractivity (Wildman–Crippen MR) is 122 cm³/mol. The molecule has 0 bridgehead atoms. The highest BCUT2D eigenvalue weighted by molar-refractivity contribution is 6.42. The number of nitrogens with zero attached hydrogens (tertiary/aromatic N) is 4. The molecule has 7 heteroatoms. The fraction of sp³-hybridized carbons (Fsp3) is 0.261. The first-order chi connectivity index (χ1) is 14.4. The third kappa shape index (κ3) is 6.02. The molecule has 0 unspecified atom stereocenters. The van der Waals surface area contributed by atoms with Crippen molar-refractivity contribution in [3.63, 3.8) is 0 Å². The second kappa shape index (κ2) is 10.5. The first-order valence-corrected chi connectivity index (χ1v) is 10.4. The Morgan fingerprint density at radius 3 is 2.27 bits per heavy atom. The number of carbonyl (C=O) groups excluding carboxylic acids is 1. The molecule has 0 aliphatic heterocycles. The van der Waals surface area contributed by atoms with E-state index in [2.05, 4.69) is 14.9 Å². The molecule has 3 aromatic rings. The SMILES string of the molecule is CN(C)CCCN(Cc1ccc(Cl)c(Cl)c1)C(=O)c1cnc(-c2ccccc2)nc1. The largest absolute Gasteiger partial charge is 0.334 e. The van der Waals surface area contributed by atoms with Gasteiger partial charge in [-0.15, -0.1) is 0 Å². The molecule has 5 nitrogen and oxygen atoms in total. The van der Waals surface area contributed by atoms with Crippen LogP contribution in [-0.4, -0.2) is 52.9 Å². The topological polar surface area (TPSA) is 49.3 Å². The minimum atomic E-state index is -0.112. The molecule has 1 aromatic heterocycles. The number of rotatable bonds is 8. The van der Waals surface area contributed by atoms with E-state index in [-0.39, 0.29) is 5.91 Å². The van der Waals surface area contributed by atoms with Crippen molar-refractivity contribution in [1.29, 1.82) is 0 Å². The Morgan fingerprint density at radius 2 is 1.63 bits per heavy atom. The molecule has 30 heavy (non-hydrogen) atoms. The standard InChI is InChI=1S/C23H24Cl2N4O/c1-28(2)11-6-12-29(16-17-9-10-20(24)21(25)13-17)23(30)19-14-26-22(27-15-19)18-7-4-3-5-8-18/h3-5,7-10,13-15H,6,11-12,16H2,1-2H3. The average Bonchev–Trinajstić information content (AvgIpc) is 2.75. The van der Waals surface area contributed by atoms with E-state index >= 15 is 0 Å². The van der Waals surface area contributed by atoms with Crippen molar-refractivity contribution in [3.05, 3.63) is 82.1 Å². The van der Waals surface area contributed by atoms with Crippen molar-refractivity contribution in [3.8, 4) is 11.4 Å². The normalized spacial score (nSPS) is 11.0. The molecule has 156 valence electrons. The monoisotopic (exact) mass is 442 g/mol. The van der Waals surface area contributed by atoms with Gasteiger partial charge in [-0.3, -0.25) is 4.79 Å². The molecule has 1 heterocycles. The third-order valence-electron chi connectivity index (χ3n) is 4.61. The van der Waals surface area contributed by atoms with Gasteiger partial charge in [0, 0.05) is 31.0 Å². The maximum absolute atomic E-state index is 13.2. The Morgan fingerprint density at radius 1 is 0.933 bits per heavy atom. The van der Waals surface area contributed by atoms with Gasteiger partial charge in [-0.1, -0.05) is 59.6 Å². The number of amides is 1. The Kier molecular flexibility index (Phi) is 7.80. The van der Waals surface area contributed by atoms with Crippen molar-refractivity contribution in [2.24, 2.45) is 0 Å². The minimum Gasteiger partial charge on any atom is -0.334 e. The summed E-state index contributed by atoms with van der Waals surface area (Å²) >= 11 is 12.2. The van der Waals surface area contributed by atoms with E-state index in [0.717, 1.165) is 24.1 Å². The number of carbonyl (C=O) groups is 1. The summed E-state index contributed by atoms with van der Waals surface area (Å²) in [5.74, 6) is 0.482. The van der Waals surface area contributed by atoms with E-state index in [0.29, 0.717) is 34.5 Å². The lowest BCUT2D eigenvalue weighted by Gasteiger charge is -2.24. The third-order valence-corrected chi connectivity index (χ3v) is 5.35. The Balaban J connectivity index is 1.78. The summed E-state index contributed by atoms with van der Waals surface area (Å²) in [6.07, 6.45) is 4.03. The van der Waals surface area contributed by atoms with Crippen molar-refractivity contribution in [2.75, 3.05) is 27.2 Å². The lowest BCUT2D eigenvalue weighted by molar-refractivity contribution is 0.0736. The highest BCUT2D eigenvalue weighted by Gasteiger charge is 2.18. The van der Waals surface area contributed by atoms with Crippen LogP contribution >= 0.6 is 23.2 Å². The summed E-state index contributed by atoms with van der Waals surface area (Å²) in [6, 6.07) is 15.1. The van der Waals surface area contributed by atoms with Crippen LogP contribution in [0.3, 0.4) is 0 Å². The van der Waals surface area contributed by atoms with Gasteiger partial charge in [0.25, 0.3) is 5.91 Å². The quantitative estimate of drug-likeness (QED) is 0.489. The molecular formula is C23H24Cl2N4O. The summed E-state index contributed by atoms with van der Waals surface area (Å²) in [5.41, 5.74) is 2.29. The molecule has 0 saturated heterocycles. The molecule has 0 fully saturated rings. The molecule has 0 aliphatic rings. The first-order valence-electron chi connectivity index (χ1n) is 9.69. The van der Waals surface area contributed by atoms with E-state index in [1.807, 2.05) is 50.5 Å². The molecule has 3 rings (SSSR count). The maximum Gasteiger partial charge on any atom is 0.257 e. The van der Waals surface area contributed by atoms with Crippen LogP contribution in [0.25, 0.3) is 11.4 Å². The molecular weight excluding hydrogens is 419 g/mol.